The molecule has 3 aromatic carbocycles. The molecule has 0 saturated carbocycles. The molecular formula is C22H22BrNO4. The maximum atomic E-state index is 10.5. The van der Waals surface area contributed by atoms with Gasteiger partial charge in [-0.3, -0.25) is 4.79 Å². The van der Waals surface area contributed by atoms with Gasteiger partial charge in [-0.1, -0.05) is 64.5 Å². The van der Waals surface area contributed by atoms with Crippen LogP contribution in [0.5, 0.6) is 0 Å². The summed E-state index contributed by atoms with van der Waals surface area (Å²) < 4.78 is 5.36. The van der Waals surface area contributed by atoms with E-state index in [-0.39, 0.29) is 0 Å². The van der Waals surface area contributed by atoms with Crippen molar-refractivity contribution in [2.75, 3.05) is 13.7 Å². The number of carbonyl (C=O) groups excluding carboxylic acids is 2. The Bertz CT molecular complexity index is 953. The van der Waals surface area contributed by atoms with Crippen LogP contribution in [0, 0.1) is 6.92 Å². The predicted molar refractivity (Wildman–Crippen MR) is 114 cm³/mol. The first kappa shape index (κ1) is 21.6. The van der Waals surface area contributed by atoms with Gasteiger partial charge in [-0.25, -0.2) is 4.79 Å². The summed E-state index contributed by atoms with van der Waals surface area (Å²) in [6, 6.07) is 20.5. The van der Waals surface area contributed by atoms with Crippen molar-refractivity contribution in [1.82, 2.24) is 5.32 Å². The van der Waals surface area contributed by atoms with Gasteiger partial charge in [-0.15, -0.1) is 0 Å². The van der Waals surface area contributed by atoms with Crippen molar-refractivity contribution in [3.63, 3.8) is 0 Å². The monoisotopic (exact) mass is 443 g/mol. The number of methoxy groups -OCH3 is 1. The lowest BCUT2D eigenvalue weighted by Crippen LogP contribution is -2.39. The molecule has 0 aliphatic rings. The zero-order chi connectivity index (χ0) is 20.5. The Morgan fingerprint density at radius 1 is 1.14 bits per heavy atom. The van der Waals surface area contributed by atoms with Gasteiger partial charge in [0.25, 0.3) is 0 Å². The van der Waals surface area contributed by atoms with E-state index >= 15 is 0 Å². The van der Waals surface area contributed by atoms with Gasteiger partial charge in [0.15, 0.2) is 0 Å². The Kier molecular flexibility index (Phi) is 8.17. The van der Waals surface area contributed by atoms with Crippen LogP contribution in [0.1, 0.15) is 5.56 Å². The van der Waals surface area contributed by atoms with Gasteiger partial charge in [0.1, 0.15) is 6.04 Å². The summed E-state index contributed by atoms with van der Waals surface area (Å²) in [5.41, 5.74) is 3.89. The summed E-state index contributed by atoms with van der Waals surface area (Å²) in [5.74, 6) is -0.658. The number of benzene rings is 3. The number of rotatable bonds is 5. The number of amides is 1. The molecule has 3 rings (SSSR count). The molecule has 0 saturated heterocycles. The van der Waals surface area contributed by atoms with Gasteiger partial charge in [-0.05, 0) is 46.5 Å². The van der Waals surface area contributed by atoms with Crippen LogP contribution in [0.3, 0.4) is 0 Å². The third kappa shape index (κ3) is 5.41. The first-order valence-corrected chi connectivity index (χ1v) is 9.43. The van der Waals surface area contributed by atoms with E-state index in [1.807, 2.05) is 0 Å². The molecular weight excluding hydrogens is 422 g/mol. The van der Waals surface area contributed by atoms with Crippen molar-refractivity contribution in [2.45, 2.75) is 13.0 Å². The summed E-state index contributed by atoms with van der Waals surface area (Å²) in [5, 5.41) is 13.1. The molecule has 2 N–H and O–H groups in total. The average Bonchev–Trinajstić information content (AvgIpc) is 2.73. The fraction of sp³-hybridized carbons (Fsp3) is 0.182. The van der Waals surface area contributed by atoms with E-state index < -0.39 is 18.6 Å². The molecule has 0 aromatic heterocycles. The molecule has 28 heavy (non-hydrogen) atoms. The van der Waals surface area contributed by atoms with Crippen LogP contribution in [-0.2, 0) is 14.3 Å². The lowest BCUT2D eigenvalue weighted by atomic mass is 9.95. The summed E-state index contributed by atoms with van der Waals surface area (Å²) in [6.45, 7) is 1.70. The van der Waals surface area contributed by atoms with E-state index in [2.05, 4.69) is 93.6 Å². The number of aryl methyl sites for hydroxylation is 1. The number of carbonyl (C=O) groups is 2. The largest absolute Gasteiger partial charge is 0.467 e. The number of ether oxygens (including phenoxy) is 1. The average molecular weight is 444 g/mol. The molecule has 146 valence electrons. The summed E-state index contributed by atoms with van der Waals surface area (Å²) in [4.78, 5) is 20.3. The van der Waals surface area contributed by atoms with E-state index in [9.17, 15) is 9.59 Å². The van der Waals surface area contributed by atoms with Crippen LogP contribution in [0.25, 0.3) is 21.9 Å². The highest BCUT2D eigenvalue weighted by Gasteiger charge is 2.15. The molecule has 0 fully saturated rings. The molecule has 1 amide bonds. The van der Waals surface area contributed by atoms with E-state index in [4.69, 9.17) is 5.11 Å². The van der Waals surface area contributed by atoms with Gasteiger partial charge in [-0.2, -0.15) is 0 Å². The Morgan fingerprint density at radius 2 is 1.86 bits per heavy atom. The zero-order valence-corrected chi connectivity index (χ0v) is 17.3. The minimum atomic E-state index is -0.942. The summed E-state index contributed by atoms with van der Waals surface area (Å²) >= 11 is 3.56. The highest BCUT2D eigenvalue weighted by Crippen LogP contribution is 2.32. The number of nitrogens with one attached hydrogen (secondary N) is 1. The van der Waals surface area contributed by atoms with E-state index in [1.54, 1.807) is 0 Å². The minimum Gasteiger partial charge on any atom is -0.467 e. The van der Waals surface area contributed by atoms with E-state index in [0.717, 1.165) is 4.47 Å². The highest BCUT2D eigenvalue weighted by molar-refractivity contribution is 9.10. The van der Waals surface area contributed by atoms with Crippen molar-refractivity contribution >= 4 is 39.1 Å². The lowest BCUT2D eigenvalue weighted by Gasteiger charge is -2.10. The van der Waals surface area contributed by atoms with Gasteiger partial charge in [0.05, 0.1) is 13.7 Å². The zero-order valence-electron chi connectivity index (χ0n) is 15.7. The number of esters is 1. The summed E-state index contributed by atoms with van der Waals surface area (Å²) in [6.07, 6.45) is 0.331. The molecule has 0 radical (unpaired) electrons. The van der Waals surface area contributed by atoms with Crippen LogP contribution in [0.2, 0.25) is 0 Å². The molecule has 0 bridgehead atoms. The second-order valence-electron chi connectivity index (χ2n) is 6.03. The van der Waals surface area contributed by atoms with Crippen LogP contribution < -0.4 is 5.32 Å². The van der Waals surface area contributed by atoms with Crippen molar-refractivity contribution in [3.8, 4) is 11.1 Å². The molecule has 1 atom stereocenters. The van der Waals surface area contributed by atoms with Gasteiger partial charge in [0.2, 0.25) is 6.41 Å². The molecule has 0 spiro atoms. The Balaban J connectivity index is 0.000000242. The number of fused-ring (bicyclic) bond motifs is 1. The number of hydrogen-bond acceptors (Lipinski definition) is 4. The molecule has 6 heteroatoms. The molecule has 5 nitrogen and oxygen atoms in total. The Hall–Kier alpha value is -2.70. The normalized spacial score (nSPS) is 11.1. The number of aliphatic hydroxyl groups excluding tert-OH is 1. The van der Waals surface area contributed by atoms with Crippen molar-refractivity contribution in [2.24, 2.45) is 0 Å². The fourth-order valence-electron chi connectivity index (χ4n) is 2.76. The number of halogens is 1. The molecule has 3 aromatic rings. The van der Waals surface area contributed by atoms with Gasteiger partial charge >= 0.3 is 5.97 Å². The van der Waals surface area contributed by atoms with Gasteiger partial charge in [0, 0.05) is 4.47 Å². The van der Waals surface area contributed by atoms with Crippen molar-refractivity contribution in [3.05, 3.63) is 70.7 Å². The van der Waals surface area contributed by atoms with E-state index in [1.165, 1.54) is 34.6 Å². The maximum absolute atomic E-state index is 10.5. The molecule has 0 unspecified atom stereocenters. The first-order chi connectivity index (χ1) is 13.5. The van der Waals surface area contributed by atoms with Crippen LogP contribution >= 0.6 is 15.9 Å². The first-order valence-electron chi connectivity index (χ1n) is 8.64. The number of aliphatic hydroxyl groups is 1. The summed E-state index contributed by atoms with van der Waals surface area (Å²) in [7, 11) is 1.18. The standard InChI is InChI=1S/C17H13Br.C5H9NO4/c1-12-9-10-14(18)11-17(12)16-8-4-6-13-5-2-3-7-15(13)16;1-10-5(9)4(2-7)6-3-8/h2-11H,1H3;3-4,7H,2H2,1H3,(H,6,8)/t;4-/m.0/s1. The van der Waals surface area contributed by atoms with Gasteiger partial charge < -0.3 is 15.2 Å². The Labute approximate surface area is 172 Å². The SMILES string of the molecule is COC(=O)[C@H](CO)NC=O.Cc1ccc(Br)cc1-c1cccc2ccccc12. The molecule has 0 aliphatic carbocycles. The lowest BCUT2D eigenvalue weighted by molar-refractivity contribution is -0.145. The third-order valence-electron chi connectivity index (χ3n) is 4.22. The van der Waals surface area contributed by atoms with Crippen molar-refractivity contribution < 1.29 is 19.4 Å². The smallest absolute Gasteiger partial charge is 0.330 e. The highest BCUT2D eigenvalue weighted by atomic mass is 79.9. The second-order valence-corrected chi connectivity index (χ2v) is 6.94. The third-order valence-corrected chi connectivity index (χ3v) is 4.71. The van der Waals surface area contributed by atoms with E-state index in [0.29, 0.717) is 6.41 Å². The fourth-order valence-corrected chi connectivity index (χ4v) is 3.13. The van der Waals surface area contributed by atoms with Crippen LogP contribution in [0.4, 0.5) is 0 Å². The van der Waals surface area contributed by atoms with Crippen LogP contribution in [0.15, 0.2) is 65.1 Å². The minimum absolute atomic E-state index is 0.331. The van der Waals surface area contributed by atoms with Crippen molar-refractivity contribution in [1.29, 1.82) is 0 Å². The Morgan fingerprint density at radius 3 is 2.54 bits per heavy atom. The maximum Gasteiger partial charge on any atom is 0.330 e. The quantitative estimate of drug-likeness (QED) is 0.463. The number of hydrogen-bond donors (Lipinski definition) is 2. The topological polar surface area (TPSA) is 75.6 Å². The van der Waals surface area contributed by atoms with Crippen LogP contribution in [-0.4, -0.2) is 37.2 Å². The second kappa shape index (κ2) is 10.6. The molecule has 0 aliphatic heterocycles. The molecule has 0 heterocycles. The predicted octanol–water partition coefficient (Wildman–Crippen LogP) is 3.84.